The normalized spacial score (nSPS) is 14.1. The molecule has 0 aliphatic heterocycles. The van der Waals surface area contributed by atoms with E-state index in [1.807, 2.05) is 50.4 Å². The van der Waals surface area contributed by atoms with E-state index in [4.69, 9.17) is 0 Å². The van der Waals surface area contributed by atoms with Gasteiger partial charge in [0, 0.05) is 18.3 Å². The van der Waals surface area contributed by atoms with Crippen LogP contribution in [0.1, 0.15) is 36.2 Å². The maximum Gasteiger partial charge on any atom is 0.0926 e. The predicted molar refractivity (Wildman–Crippen MR) is 78.1 cm³/mol. The quantitative estimate of drug-likeness (QED) is 0.908. The van der Waals surface area contributed by atoms with Gasteiger partial charge >= 0.3 is 0 Å². The van der Waals surface area contributed by atoms with Crippen molar-refractivity contribution in [3.05, 3.63) is 65.0 Å². The molecule has 1 atom stereocenters. The van der Waals surface area contributed by atoms with Crippen LogP contribution in [0.4, 0.5) is 0 Å². The van der Waals surface area contributed by atoms with Gasteiger partial charge in [0.2, 0.25) is 0 Å². The smallest absolute Gasteiger partial charge is 0.0926 e. The first kappa shape index (κ1) is 13.8. The van der Waals surface area contributed by atoms with Crippen molar-refractivity contribution in [3.63, 3.8) is 0 Å². The first-order valence-electron chi connectivity index (χ1n) is 6.75. The van der Waals surface area contributed by atoms with E-state index in [0.29, 0.717) is 6.42 Å². The number of nitrogens with zero attached hydrogens (tertiary/aromatic N) is 1. The number of hydrogen-bond acceptors (Lipinski definition) is 2. The lowest BCUT2D eigenvalue weighted by atomic mass is 9.88. The van der Waals surface area contributed by atoms with E-state index in [0.717, 1.165) is 23.2 Å². The summed E-state index contributed by atoms with van der Waals surface area (Å²) in [6, 6.07) is 12.0. The lowest BCUT2D eigenvalue weighted by molar-refractivity contribution is 0.0559. The van der Waals surface area contributed by atoms with E-state index in [1.165, 1.54) is 5.56 Å². The van der Waals surface area contributed by atoms with E-state index < -0.39 is 5.60 Å². The molecule has 100 valence electrons. The van der Waals surface area contributed by atoms with Crippen LogP contribution in [0.25, 0.3) is 0 Å². The van der Waals surface area contributed by atoms with Gasteiger partial charge < -0.3 is 5.11 Å². The average Bonchev–Trinajstić information content (AvgIpc) is 2.39. The van der Waals surface area contributed by atoms with Gasteiger partial charge in [0.15, 0.2) is 0 Å². The lowest BCUT2D eigenvalue weighted by Crippen LogP contribution is -2.25. The summed E-state index contributed by atoms with van der Waals surface area (Å²) in [7, 11) is 0. The fourth-order valence-corrected chi connectivity index (χ4v) is 2.39. The number of benzene rings is 1. The molecule has 2 heteroatoms. The summed E-state index contributed by atoms with van der Waals surface area (Å²) in [5.74, 6) is 0. The fraction of sp³-hybridized carbons (Fsp3) is 0.353. The Hall–Kier alpha value is -1.67. The van der Waals surface area contributed by atoms with Crippen molar-refractivity contribution in [2.24, 2.45) is 0 Å². The van der Waals surface area contributed by atoms with Gasteiger partial charge in [-0.2, -0.15) is 0 Å². The second-order valence-electron chi connectivity index (χ2n) is 5.28. The number of hydrogen-bond donors (Lipinski definition) is 1. The Bertz CT molecular complexity index is 543. The zero-order valence-electron chi connectivity index (χ0n) is 11.9. The van der Waals surface area contributed by atoms with E-state index in [9.17, 15) is 5.11 Å². The summed E-state index contributed by atoms with van der Waals surface area (Å²) in [6.45, 7) is 5.99. The van der Waals surface area contributed by atoms with Gasteiger partial charge in [0.25, 0.3) is 0 Å². The van der Waals surface area contributed by atoms with Crippen LogP contribution in [-0.2, 0) is 18.4 Å². The van der Waals surface area contributed by atoms with E-state index >= 15 is 0 Å². The van der Waals surface area contributed by atoms with Gasteiger partial charge in [0.05, 0.1) is 5.60 Å². The molecule has 0 saturated carbocycles. The average molecular weight is 255 g/mol. The minimum atomic E-state index is -0.883. The second kappa shape index (κ2) is 5.54. The number of pyridine rings is 1. The topological polar surface area (TPSA) is 33.1 Å². The maximum atomic E-state index is 10.7. The second-order valence-corrected chi connectivity index (χ2v) is 5.28. The molecule has 0 aliphatic carbocycles. The summed E-state index contributed by atoms with van der Waals surface area (Å²) >= 11 is 0. The highest BCUT2D eigenvalue weighted by atomic mass is 16.3. The molecule has 0 spiro atoms. The van der Waals surface area contributed by atoms with Crippen molar-refractivity contribution in [3.8, 4) is 0 Å². The number of aliphatic hydroxyl groups is 1. The number of rotatable bonds is 4. The Morgan fingerprint density at radius 3 is 2.47 bits per heavy atom. The first-order chi connectivity index (χ1) is 9.03. The summed E-state index contributed by atoms with van der Waals surface area (Å²) in [6.07, 6.45) is 3.41. The van der Waals surface area contributed by atoms with Crippen LogP contribution in [0.3, 0.4) is 0 Å². The summed E-state index contributed by atoms with van der Waals surface area (Å²) in [5.41, 5.74) is 3.34. The molecule has 1 N–H and O–H groups in total. The van der Waals surface area contributed by atoms with E-state index in [2.05, 4.69) is 18.0 Å². The van der Waals surface area contributed by atoms with Crippen molar-refractivity contribution in [2.45, 2.75) is 39.2 Å². The van der Waals surface area contributed by atoms with Gasteiger partial charge in [-0.15, -0.1) is 0 Å². The molecule has 19 heavy (non-hydrogen) atoms. The molecule has 1 aromatic heterocycles. The molecule has 1 unspecified atom stereocenters. The Labute approximate surface area is 115 Å². The molecular weight excluding hydrogens is 234 g/mol. The standard InChI is InChI=1S/C17H21NO/c1-4-14-9-10-15(18-12-14)11-17(3,19)16-8-6-5-7-13(16)2/h5-10,12,19H,4,11H2,1-3H3. The third-order valence-electron chi connectivity index (χ3n) is 3.54. The van der Waals surface area contributed by atoms with Crippen LogP contribution in [0, 0.1) is 6.92 Å². The fourth-order valence-electron chi connectivity index (χ4n) is 2.39. The molecule has 0 radical (unpaired) electrons. The molecule has 0 bridgehead atoms. The molecule has 1 heterocycles. The van der Waals surface area contributed by atoms with Crippen molar-refractivity contribution in [1.29, 1.82) is 0 Å². The monoisotopic (exact) mass is 255 g/mol. The molecule has 1 aromatic carbocycles. The Balaban J connectivity index is 2.23. The molecule has 2 rings (SSSR count). The SMILES string of the molecule is CCc1ccc(CC(C)(O)c2ccccc2C)nc1. The summed E-state index contributed by atoms with van der Waals surface area (Å²) in [5, 5.41) is 10.7. The van der Waals surface area contributed by atoms with Crippen molar-refractivity contribution in [1.82, 2.24) is 4.98 Å². The van der Waals surface area contributed by atoms with Gasteiger partial charge in [-0.25, -0.2) is 0 Å². The minimum absolute atomic E-state index is 0.530. The third kappa shape index (κ3) is 3.21. The van der Waals surface area contributed by atoms with Gasteiger partial charge in [-0.05, 0) is 43.0 Å². The highest BCUT2D eigenvalue weighted by Crippen LogP contribution is 2.27. The van der Waals surface area contributed by atoms with Crippen LogP contribution in [0.5, 0.6) is 0 Å². The lowest BCUT2D eigenvalue weighted by Gasteiger charge is -2.25. The molecular formula is C17H21NO. The summed E-state index contributed by atoms with van der Waals surface area (Å²) in [4.78, 5) is 4.43. The van der Waals surface area contributed by atoms with Crippen molar-refractivity contribution in [2.75, 3.05) is 0 Å². The van der Waals surface area contributed by atoms with Gasteiger partial charge in [0.1, 0.15) is 0 Å². The highest BCUT2D eigenvalue weighted by molar-refractivity contribution is 5.32. The van der Waals surface area contributed by atoms with Crippen LogP contribution < -0.4 is 0 Å². The van der Waals surface area contributed by atoms with Crippen LogP contribution in [-0.4, -0.2) is 10.1 Å². The zero-order valence-corrected chi connectivity index (χ0v) is 11.9. The molecule has 0 amide bonds. The van der Waals surface area contributed by atoms with E-state index in [1.54, 1.807) is 0 Å². The van der Waals surface area contributed by atoms with Crippen LogP contribution >= 0.6 is 0 Å². The first-order valence-corrected chi connectivity index (χ1v) is 6.75. The minimum Gasteiger partial charge on any atom is -0.385 e. The largest absolute Gasteiger partial charge is 0.385 e. The predicted octanol–water partition coefficient (Wildman–Crippen LogP) is 3.40. The Morgan fingerprint density at radius 2 is 1.89 bits per heavy atom. The number of aryl methyl sites for hydroxylation is 2. The van der Waals surface area contributed by atoms with Gasteiger partial charge in [-0.1, -0.05) is 37.3 Å². The molecule has 2 aromatic rings. The van der Waals surface area contributed by atoms with Gasteiger partial charge in [-0.3, -0.25) is 4.98 Å². The summed E-state index contributed by atoms with van der Waals surface area (Å²) < 4.78 is 0. The molecule has 2 nitrogen and oxygen atoms in total. The molecule has 0 fully saturated rings. The zero-order chi connectivity index (χ0) is 13.9. The van der Waals surface area contributed by atoms with E-state index in [-0.39, 0.29) is 0 Å². The Kier molecular flexibility index (Phi) is 4.01. The Morgan fingerprint density at radius 1 is 1.16 bits per heavy atom. The maximum absolute atomic E-state index is 10.7. The highest BCUT2D eigenvalue weighted by Gasteiger charge is 2.25. The third-order valence-corrected chi connectivity index (χ3v) is 3.54. The molecule has 0 saturated heterocycles. The van der Waals surface area contributed by atoms with Crippen LogP contribution in [0.2, 0.25) is 0 Å². The van der Waals surface area contributed by atoms with Crippen molar-refractivity contribution >= 4 is 0 Å². The van der Waals surface area contributed by atoms with Crippen molar-refractivity contribution < 1.29 is 5.11 Å². The number of aromatic nitrogens is 1. The van der Waals surface area contributed by atoms with Crippen LogP contribution in [0.15, 0.2) is 42.6 Å². The molecule has 0 aliphatic rings.